The van der Waals surface area contributed by atoms with Crippen LogP contribution >= 0.6 is 11.3 Å². The highest BCUT2D eigenvalue weighted by Gasteiger charge is 2.21. The summed E-state index contributed by atoms with van der Waals surface area (Å²) in [5.41, 5.74) is 2.02. The van der Waals surface area contributed by atoms with Crippen LogP contribution in [0.15, 0.2) is 76.3 Å². The predicted octanol–water partition coefficient (Wildman–Crippen LogP) is 4.99. The zero-order valence-electron chi connectivity index (χ0n) is 16.4. The first-order valence-electron chi connectivity index (χ1n) is 9.42. The number of nitrogens with one attached hydrogen (secondary N) is 1. The standard InChI is InChI=1S/C22H24N2O3S2/c1-3-17(2)24(16-18-8-5-4-6-9-18)22(25)19-11-13-20(14-12-19)23-29(26,27)21-10-7-15-28-21/h4-15,17,23H,3,16H2,1-2H3. The van der Waals surface area contributed by atoms with Crippen LogP contribution in [0, 0.1) is 0 Å². The Morgan fingerprint density at radius 2 is 1.72 bits per heavy atom. The smallest absolute Gasteiger partial charge is 0.271 e. The summed E-state index contributed by atoms with van der Waals surface area (Å²) in [4.78, 5) is 15.0. The summed E-state index contributed by atoms with van der Waals surface area (Å²) in [6.07, 6.45) is 0.845. The molecule has 2 aromatic carbocycles. The lowest BCUT2D eigenvalue weighted by Gasteiger charge is -2.29. The Hall–Kier alpha value is -2.64. The Labute approximate surface area is 176 Å². The van der Waals surface area contributed by atoms with Crippen LogP contribution in [0.2, 0.25) is 0 Å². The molecule has 0 saturated heterocycles. The summed E-state index contributed by atoms with van der Waals surface area (Å²) in [7, 11) is -3.60. The van der Waals surface area contributed by atoms with Crippen molar-refractivity contribution in [3.8, 4) is 0 Å². The third kappa shape index (κ3) is 5.25. The molecule has 29 heavy (non-hydrogen) atoms. The van der Waals surface area contributed by atoms with Crippen LogP contribution in [0.4, 0.5) is 5.69 Å². The number of rotatable bonds is 8. The molecule has 0 spiro atoms. The molecule has 0 radical (unpaired) electrons. The second kappa shape index (κ2) is 9.24. The van der Waals surface area contributed by atoms with Crippen molar-refractivity contribution in [1.29, 1.82) is 0 Å². The third-order valence-electron chi connectivity index (χ3n) is 4.72. The molecule has 0 saturated carbocycles. The average Bonchev–Trinajstić information content (AvgIpc) is 3.28. The normalized spacial score (nSPS) is 12.3. The van der Waals surface area contributed by atoms with Crippen molar-refractivity contribution in [2.45, 2.75) is 37.1 Å². The number of hydrogen-bond acceptors (Lipinski definition) is 4. The molecule has 3 aromatic rings. The van der Waals surface area contributed by atoms with E-state index in [2.05, 4.69) is 11.6 Å². The molecule has 1 aromatic heterocycles. The van der Waals surface area contributed by atoms with Crippen LogP contribution in [0.1, 0.15) is 36.2 Å². The molecule has 152 valence electrons. The van der Waals surface area contributed by atoms with E-state index in [9.17, 15) is 13.2 Å². The first-order valence-corrected chi connectivity index (χ1v) is 11.8. The molecular formula is C22H24N2O3S2. The molecule has 0 bridgehead atoms. The first kappa shape index (κ1) is 21.1. The van der Waals surface area contributed by atoms with Gasteiger partial charge >= 0.3 is 0 Å². The summed E-state index contributed by atoms with van der Waals surface area (Å²) < 4.78 is 27.5. The first-order chi connectivity index (χ1) is 13.9. The maximum Gasteiger partial charge on any atom is 0.271 e. The van der Waals surface area contributed by atoms with Crippen LogP contribution < -0.4 is 4.72 Å². The van der Waals surface area contributed by atoms with Crippen LogP contribution in [-0.2, 0) is 16.6 Å². The molecule has 0 fully saturated rings. The molecule has 1 N–H and O–H groups in total. The number of amides is 1. The van der Waals surface area contributed by atoms with Gasteiger partial charge < -0.3 is 4.90 Å². The van der Waals surface area contributed by atoms with E-state index >= 15 is 0 Å². The predicted molar refractivity (Wildman–Crippen MR) is 118 cm³/mol. The van der Waals surface area contributed by atoms with Gasteiger partial charge in [0.1, 0.15) is 4.21 Å². The molecule has 7 heteroatoms. The van der Waals surface area contributed by atoms with Crippen molar-refractivity contribution in [2.75, 3.05) is 4.72 Å². The quantitative estimate of drug-likeness (QED) is 0.550. The van der Waals surface area contributed by atoms with Crippen molar-refractivity contribution >= 4 is 33.0 Å². The number of anilines is 1. The lowest BCUT2D eigenvalue weighted by molar-refractivity contribution is 0.0671. The number of thiophene rings is 1. The highest BCUT2D eigenvalue weighted by Crippen LogP contribution is 2.21. The second-order valence-electron chi connectivity index (χ2n) is 6.79. The van der Waals surface area contributed by atoms with Crippen LogP contribution in [0.5, 0.6) is 0 Å². The van der Waals surface area contributed by atoms with Crippen molar-refractivity contribution in [1.82, 2.24) is 4.90 Å². The zero-order chi connectivity index (χ0) is 20.9. The Kier molecular flexibility index (Phi) is 6.71. The van der Waals surface area contributed by atoms with E-state index in [0.717, 1.165) is 23.3 Å². The summed E-state index contributed by atoms with van der Waals surface area (Å²) in [6, 6.07) is 19.8. The van der Waals surface area contributed by atoms with Gasteiger partial charge in [0, 0.05) is 23.8 Å². The van der Waals surface area contributed by atoms with Gasteiger partial charge in [-0.05, 0) is 54.6 Å². The molecular weight excluding hydrogens is 404 g/mol. The Morgan fingerprint density at radius 1 is 1.03 bits per heavy atom. The maximum absolute atomic E-state index is 13.1. The summed E-state index contributed by atoms with van der Waals surface area (Å²) in [6.45, 7) is 4.62. The summed E-state index contributed by atoms with van der Waals surface area (Å²) >= 11 is 1.16. The molecule has 1 amide bonds. The highest BCUT2D eigenvalue weighted by atomic mass is 32.2. The molecule has 1 unspecified atom stereocenters. The molecule has 1 heterocycles. The van der Waals surface area contributed by atoms with E-state index in [1.807, 2.05) is 42.2 Å². The van der Waals surface area contributed by atoms with Gasteiger partial charge in [-0.25, -0.2) is 8.42 Å². The van der Waals surface area contributed by atoms with Gasteiger partial charge in [-0.15, -0.1) is 11.3 Å². The number of nitrogens with zero attached hydrogens (tertiary/aromatic N) is 1. The molecule has 0 aliphatic carbocycles. The molecule has 1 atom stereocenters. The molecule has 0 aliphatic rings. The fraction of sp³-hybridized carbons (Fsp3) is 0.227. The van der Waals surface area contributed by atoms with Crippen molar-refractivity contribution in [2.24, 2.45) is 0 Å². The van der Waals surface area contributed by atoms with Gasteiger partial charge in [-0.1, -0.05) is 43.3 Å². The minimum atomic E-state index is -3.60. The van der Waals surface area contributed by atoms with Gasteiger partial charge in [-0.2, -0.15) is 0 Å². The van der Waals surface area contributed by atoms with Gasteiger partial charge in [0.05, 0.1) is 0 Å². The van der Waals surface area contributed by atoms with Gasteiger partial charge in [0.2, 0.25) is 0 Å². The van der Waals surface area contributed by atoms with Crippen LogP contribution in [0.25, 0.3) is 0 Å². The van der Waals surface area contributed by atoms with Crippen LogP contribution in [-0.4, -0.2) is 25.3 Å². The summed E-state index contributed by atoms with van der Waals surface area (Å²) in [5, 5.41) is 1.71. The molecule has 5 nitrogen and oxygen atoms in total. The third-order valence-corrected chi connectivity index (χ3v) is 7.50. The van der Waals surface area contributed by atoms with E-state index in [1.54, 1.807) is 41.8 Å². The van der Waals surface area contributed by atoms with Crippen molar-refractivity contribution < 1.29 is 13.2 Å². The minimum Gasteiger partial charge on any atom is -0.332 e. The van der Waals surface area contributed by atoms with Gasteiger partial charge in [-0.3, -0.25) is 9.52 Å². The van der Waals surface area contributed by atoms with Crippen LogP contribution in [0.3, 0.4) is 0 Å². The lowest BCUT2D eigenvalue weighted by Crippen LogP contribution is -2.37. The summed E-state index contributed by atoms with van der Waals surface area (Å²) in [5.74, 6) is -0.0733. The zero-order valence-corrected chi connectivity index (χ0v) is 18.0. The highest BCUT2D eigenvalue weighted by molar-refractivity contribution is 7.94. The average molecular weight is 429 g/mol. The Morgan fingerprint density at radius 3 is 2.31 bits per heavy atom. The number of hydrogen-bond donors (Lipinski definition) is 1. The Bertz CT molecular complexity index is 1030. The SMILES string of the molecule is CCC(C)N(Cc1ccccc1)C(=O)c1ccc(NS(=O)(=O)c2cccs2)cc1. The van der Waals surface area contributed by atoms with E-state index in [0.29, 0.717) is 17.8 Å². The number of carbonyl (C=O) groups excluding carboxylic acids is 1. The van der Waals surface area contributed by atoms with Gasteiger partial charge in [0.15, 0.2) is 0 Å². The van der Waals surface area contributed by atoms with Gasteiger partial charge in [0.25, 0.3) is 15.9 Å². The second-order valence-corrected chi connectivity index (χ2v) is 9.65. The fourth-order valence-electron chi connectivity index (χ4n) is 2.90. The van der Waals surface area contributed by atoms with E-state index in [4.69, 9.17) is 0 Å². The van der Waals surface area contributed by atoms with Crippen molar-refractivity contribution in [3.63, 3.8) is 0 Å². The maximum atomic E-state index is 13.1. The molecule has 3 rings (SSSR count). The van der Waals surface area contributed by atoms with Crippen molar-refractivity contribution in [3.05, 3.63) is 83.2 Å². The largest absolute Gasteiger partial charge is 0.332 e. The van der Waals surface area contributed by atoms with E-state index in [1.165, 1.54) is 0 Å². The van der Waals surface area contributed by atoms with E-state index < -0.39 is 10.0 Å². The number of benzene rings is 2. The lowest BCUT2D eigenvalue weighted by atomic mass is 10.1. The Balaban J connectivity index is 1.77. The topological polar surface area (TPSA) is 66.5 Å². The number of carbonyl (C=O) groups is 1. The fourth-order valence-corrected chi connectivity index (χ4v) is 4.95. The molecule has 0 aliphatic heterocycles. The number of sulfonamides is 1. The monoisotopic (exact) mass is 428 g/mol. The minimum absolute atomic E-state index is 0.0733. The van der Waals surface area contributed by atoms with E-state index in [-0.39, 0.29) is 16.2 Å².